The van der Waals surface area contributed by atoms with Crippen LogP contribution in [-0.4, -0.2) is 19.2 Å². The average Bonchev–Trinajstić information content (AvgIpc) is 2.53. The van der Waals surface area contributed by atoms with Gasteiger partial charge in [-0.1, -0.05) is 24.3 Å². The van der Waals surface area contributed by atoms with E-state index < -0.39 is 0 Å². The van der Waals surface area contributed by atoms with E-state index >= 15 is 0 Å². The molecule has 0 saturated carbocycles. The molecule has 1 N–H and O–H groups in total. The Hall–Kier alpha value is -2.62. The van der Waals surface area contributed by atoms with Crippen molar-refractivity contribution in [2.24, 2.45) is 0 Å². The number of hydrogen-bond acceptors (Lipinski definition) is 3. The molecule has 0 fully saturated rings. The van der Waals surface area contributed by atoms with Gasteiger partial charge in [0.25, 0.3) is 5.91 Å². The number of nitrogens with one attached hydrogen (secondary N) is 1. The van der Waals surface area contributed by atoms with Crippen molar-refractivity contribution in [2.75, 3.05) is 7.05 Å². The summed E-state index contributed by atoms with van der Waals surface area (Å²) in [5, 5.41) is 2.56. The minimum atomic E-state index is -0.122. The van der Waals surface area contributed by atoms with E-state index in [1.165, 1.54) is 0 Å². The molecule has 0 spiro atoms. The fourth-order valence-corrected chi connectivity index (χ4v) is 1.77. The normalized spacial score (nSPS) is 9.85. The van der Waals surface area contributed by atoms with Gasteiger partial charge in [-0.2, -0.15) is 0 Å². The summed E-state index contributed by atoms with van der Waals surface area (Å²) in [5.74, 6) is 0.432. The first-order chi connectivity index (χ1) is 9.74. The molecule has 0 aliphatic heterocycles. The average molecular weight is 269 g/mol. The summed E-state index contributed by atoms with van der Waals surface area (Å²) in [5.41, 5.74) is 2.05. The van der Waals surface area contributed by atoms with Gasteiger partial charge in [-0.15, -0.1) is 0 Å². The van der Waals surface area contributed by atoms with Crippen LogP contribution in [0.3, 0.4) is 0 Å². The summed E-state index contributed by atoms with van der Waals surface area (Å²) >= 11 is 0. The van der Waals surface area contributed by atoms with Gasteiger partial charge >= 0.3 is 0 Å². The molecule has 2 aromatic rings. The molecule has 0 aliphatic carbocycles. The van der Waals surface area contributed by atoms with E-state index in [4.69, 9.17) is 4.74 Å². The zero-order chi connectivity index (χ0) is 14.4. The highest BCUT2D eigenvalue weighted by molar-refractivity contribution is 5.93. The Labute approximate surface area is 117 Å². The molecule has 0 radical (unpaired) electrons. The first-order valence-corrected chi connectivity index (χ1v) is 6.22. The van der Waals surface area contributed by atoms with E-state index in [1.807, 2.05) is 18.2 Å². The second-order valence-electron chi connectivity index (χ2n) is 4.22. The van der Waals surface area contributed by atoms with Crippen LogP contribution in [0, 0.1) is 0 Å². The summed E-state index contributed by atoms with van der Waals surface area (Å²) in [6.07, 6.45) is 0.768. The second kappa shape index (κ2) is 6.52. The minimum absolute atomic E-state index is 0.122. The van der Waals surface area contributed by atoms with Gasteiger partial charge in [-0.05, 0) is 29.8 Å². The molecule has 0 aromatic heterocycles. The lowest BCUT2D eigenvalue weighted by atomic mass is 10.1. The van der Waals surface area contributed by atoms with Crippen molar-refractivity contribution in [1.82, 2.24) is 5.32 Å². The monoisotopic (exact) mass is 269 g/mol. The SMILES string of the molecule is CNC(=O)c1ccc(COc2ccccc2C=O)cc1. The third-order valence-corrected chi connectivity index (χ3v) is 2.88. The van der Waals surface area contributed by atoms with Gasteiger partial charge in [-0.25, -0.2) is 0 Å². The van der Waals surface area contributed by atoms with Gasteiger partial charge in [0.15, 0.2) is 6.29 Å². The molecule has 0 aliphatic rings. The molecule has 20 heavy (non-hydrogen) atoms. The maximum absolute atomic E-state index is 11.4. The maximum Gasteiger partial charge on any atom is 0.251 e. The Morgan fingerprint density at radius 3 is 2.50 bits per heavy atom. The molecular weight excluding hydrogens is 254 g/mol. The zero-order valence-electron chi connectivity index (χ0n) is 11.1. The van der Waals surface area contributed by atoms with Crippen molar-refractivity contribution in [1.29, 1.82) is 0 Å². The third-order valence-electron chi connectivity index (χ3n) is 2.88. The van der Waals surface area contributed by atoms with Crippen LogP contribution in [0.5, 0.6) is 5.75 Å². The van der Waals surface area contributed by atoms with Crippen molar-refractivity contribution in [2.45, 2.75) is 6.61 Å². The topological polar surface area (TPSA) is 55.4 Å². The van der Waals surface area contributed by atoms with E-state index in [0.29, 0.717) is 23.5 Å². The Morgan fingerprint density at radius 1 is 1.15 bits per heavy atom. The number of carbonyl (C=O) groups is 2. The highest BCUT2D eigenvalue weighted by Crippen LogP contribution is 2.17. The van der Waals surface area contributed by atoms with Crippen LogP contribution in [0.1, 0.15) is 26.3 Å². The van der Waals surface area contributed by atoms with Crippen LogP contribution in [0.15, 0.2) is 48.5 Å². The lowest BCUT2D eigenvalue weighted by molar-refractivity contribution is 0.0962. The van der Waals surface area contributed by atoms with Crippen molar-refractivity contribution in [3.63, 3.8) is 0 Å². The van der Waals surface area contributed by atoms with Crippen molar-refractivity contribution >= 4 is 12.2 Å². The Bertz CT molecular complexity index is 605. The third kappa shape index (κ3) is 3.23. The van der Waals surface area contributed by atoms with Crippen molar-refractivity contribution < 1.29 is 14.3 Å². The highest BCUT2D eigenvalue weighted by Gasteiger charge is 2.04. The zero-order valence-corrected chi connectivity index (χ0v) is 11.1. The van der Waals surface area contributed by atoms with E-state index in [2.05, 4.69) is 5.32 Å². The molecule has 0 heterocycles. The maximum atomic E-state index is 11.4. The van der Waals surface area contributed by atoms with Crippen LogP contribution >= 0.6 is 0 Å². The van der Waals surface area contributed by atoms with Gasteiger partial charge < -0.3 is 10.1 Å². The lowest BCUT2D eigenvalue weighted by Gasteiger charge is -2.08. The van der Waals surface area contributed by atoms with E-state index in [0.717, 1.165) is 11.8 Å². The molecule has 1 amide bonds. The van der Waals surface area contributed by atoms with Gasteiger partial charge in [0, 0.05) is 12.6 Å². The number of hydrogen-bond donors (Lipinski definition) is 1. The van der Waals surface area contributed by atoms with Crippen molar-refractivity contribution in [3.8, 4) is 5.75 Å². The molecular formula is C16H15NO3. The molecule has 2 aromatic carbocycles. The van der Waals surface area contributed by atoms with E-state index in [9.17, 15) is 9.59 Å². The largest absolute Gasteiger partial charge is 0.488 e. The number of aldehydes is 1. The number of para-hydroxylation sites is 1. The quantitative estimate of drug-likeness (QED) is 0.848. The smallest absolute Gasteiger partial charge is 0.251 e. The predicted octanol–water partition coefficient (Wildman–Crippen LogP) is 2.44. The first kappa shape index (κ1) is 13.8. The molecule has 4 heteroatoms. The number of benzene rings is 2. The summed E-state index contributed by atoms with van der Waals surface area (Å²) in [6, 6.07) is 14.2. The standard InChI is InChI=1S/C16H15NO3/c1-17-16(19)13-8-6-12(7-9-13)11-20-15-5-3-2-4-14(15)10-18/h2-10H,11H2,1H3,(H,17,19). The number of ether oxygens (including phenoxy) is 1. The fraction of sp³-hybridized carbons (Fsp3) is 0.125. The molecule has 0 bridgehead atoms. The fourth-order valence-electron chi connectivity index (χ4n) is 1.77. The number of amides is 1. The number of rotatable bonds is 5. The van der Waals surface area contributed by atoms with Crippen molar-refractivity contribution in [3.05, 3.63) is 65.2 Å². The molecule has 4 nitrogen and oxygen atoms in total. The Morgan fingerprint density at radius 2 is 1.85 bits per heavy atom. The highest BCUT2D eigenvalue weighted by atomic mass is 16.5. The van der Waals surface area contributed by atoms with Gasteiger partial charge in [-0.3, -0.25) is 9.59 Å². The van der Waals surface area contributed by atoms with E-state index in [-0.39, 0.29) is 5.91 Å². The molecule has 0 atom stereocenters. The summed E-state index contributed by atoms with van der Waals surface area (Å²) in [7, 11) is 1.59. The van der Waals surface area contributed by atoms with Crippen LogP contribution in [0.2, 0.25) is 0 Å². The van der Waals surface area contributed by atoms with Gasteiger partial charge in [0.05, 0.1) is 5.56 Å². The lowest BCUT2D eigenvalue weighted by Crippen LogP contribution is -2.17. The van der Waals surface area contributed by atoms with E-state index in [1.54, 1.807) is 37.4 Å². The Balaban J connectivity index is 2.04. The summed E-state index contributed by atoms with van der Waals surface area (Å²) in [6.45, 7) is 0.346. The van der Waals surface area contributed by atoms with Crippen LogP contribution in [-0.2, 0) is 6.61 Å². The number of carbonyl (C=O) groups excluding carboxylic acids is 2. The molecule has 0 unspecified atom stereocenters. The summed E-state index contributed by atoms with van der Waals surface area (Å²) < 4.78 is 5.61. The summed E-state index contributed by atoms with van der Waals surface area (Å²) in [4.78, 5) is 22.3. The molecule has 2 rings (SSSR count). The molecule has 102 valence electrons. The van der Waals surface area contributed by atoms with Gasteiger partial charge in [0.2, 0.25) is 0 Å². The van der Waals surface area contributed by atoms with Crippen LogP contribution in [0.25, 0.3) is 0 Å². The minimum Gasteiger partial charge on any atom is -0.488 e. The Kier molecular flexibility index (Phi) is 4.50. The predicted molar refractivity (Wildman–Crippen MR) is 76.0 cm³/mol. The first-order valence-electron chi connectivity index (χ1n) is 6.22. The van der Waals surface area contributed by atoms with Crippen LogP contribution in [0.4, 0.5) is 0 Å². The molecule has 0 saturated heterocycles. The van der Waals surface area contributed by atoms with Gasteiger partial charge in [0.1, 0.15) is 12.4 Å². The van der Waals surface area contributed by atoms with Crippen LogP contribution < -0.4 is 10.1 Å². The second-order valence-corrected chi connectivity index (χ2v) is 4.22.